The lowest BCUT2D eigenvalue weighted by atomic mass is 9.71. The summed E-state index contributed by atoms with van der Waals surface area (Å²) in [7, 11) is 0. The van der Waals surface area contributed by atoms with Gasteiger partial charge in [0.15, 0.2) is 0 Å². The summed E-state index contributed by atoms with van der Waals surface area (Å²) in [4.78, 5) is 2.76. The van der Waals surface area contributed by atoms with Crippen molar-refractivity contribution in [2.24, 2.45) is 23.5 Å². The lowest BCUT2D eigenvalue weighted by molar-refractivity contribution is 0.0405. The second-order valence-electron chi connectivity index (χ2n) is 7.04. The van der Waals surface area contributed by atoms with Gasteiger partial charge in [0.25, 0.3) is 0 Å². The molecule has 1 saturated heterocycles. The number of likely N-dealkylation sites (tertiary alicyclic amines) is 1. The molecule has 1 aliphatic heterocycles. The Balaban J connectivity index is 2.05. The van der Waals surface area contributed by atoms with E-state index in [1.54, 1.807) is 0 Å². The quantitative estimate of drug-likeness (QED) is 0.832. The Morgan fingerprint density at radius 3 is 2.67 bits per heavy atom. The Morgan fingerprint density at radius 2 is 2.11 bits per heavy atom. The molecule has 2 nitrogen and oxygen atoms in total. The molecule has 2 fully saturated rings. The Morgan fingerprint density at radius 1 is 1.33 bits per heavy atom. The Bertz CT molecular complexity index is 264. The van der Waals surface area contributed by atoms with E-state index in [-0.39, 0.29) is 0 Å². The van der Waals surface area contributed by atoms with Gasteiger partial charge in [0.2, 0.25) is 0 Å². The normalized spacial score (nSPS) is 38.5. The highest BCUT2D eigenvalue weighted by atomic mass is 15.2. The predicted molar refractivity (Wildman–Crippen MR) is 78.6 cm³/mol. The number of nitrogens with zero attached hydrogens (tertiary/aromatic N) is 1. The first-order chi connectivity index (χ1) is 8.61. The molecule has 0 aromatic rings. The van der Waals surface area contributed by atoms with Gasteiger partial charge in [0.1, 0.15) is 0 Å². The zero-order valence-corrected chi connectivity index (χ0v) is 12.6. The first-order valence-corrected chi connectivity index (χ1v) is 8.06. The molecule has 0 radical (unpaired) electrons. The molecule has 1 saturated carbocycles. The van der Waals surface area contributed by atoms with Gasteiger partial charge in [-0.1, -0.05) is 40.0 Å². The van der Waals surface area contributed by atoms with Gasteiger partial charge in [-0.25, -0.2) is 0 Å². The van der Waals surface area contributed by atoms with E-state index >= 15 is 0 Å². The van der Waals surface area contributed by atoms with E-state index in [2.05, 4.69) is 25.7 Å². The molecule has 2 heteroatoms. The van der Waals surface area contributed by atoms with Gasteiger partial charge in [-0.05, 0) is 43.6 Å². The van der Waals surface area contributed by atoms with Crippen LogP contribution in [0.4, 0.5) is 0 Å². The number of hydrogen-bond acceptors (Lipinski definition) is 2. The standard InChI is InChI=1S/C16H32N2/c1-4-14-7-9-18(11-14)16(12-17)8-5-6-15(10-16)13(2)3/h13-15H,4-12,17H2,1-3H3. The Kier molecular flexibility index (Phi) is 4.71. The smallest absolute Gasteiger partial charge is 0.0334 e. The topological polar surface area (TPSA) is 29.3 Å². The Labute approximate surface area is 113 Å². The molecule has 0 aromatic heterocycles. The summed E-state index contributed by atoms with van der Waals surface area (Å²) in [6.07, 6.45) is 8.22. The first kappa shape index (κ1) is 14.3. The monoisotopic (exact) mass is 252 g/mol. The van der Waals surface area contributed by atoms with Crippen LogP contribution in [0.1, 0.15) is 59.3 Å². The fraction of sp³-hybridized carbons (Fsp3) is 1.00. The van der Waals surface area contributed by atoms with Crippen molar-refractivity contribution < 1.29 is 0 Å². The van der Waals surface area contributed by atoms with Crippen LogP contribution in [-0.4, -0.2) is 30.1 Å². The fourth-order valence-corrected chi connectivity index (χ4v) is 4.15. The molecule has 2 aliphatic rings. The van der Waals surface area contributed by atoms with Crippen molar-refractivity contribution in [1.29, 1.82) is 0 Å². The third-order valence-corrected chi connectivity index (χ3v) is 5.72. The van der Waals surface area contributed by atoms with E-state index in [0.717, 1.165) is 24.3 Å². The number of hydrogen-bond donors (Lipinski definition) is 1. The van der Waals surface area contributed by atoms with Crippen LogP contribution in [0.15, 0.2) is 0 Å². The van der Waals surface area contributed by atoms with Gasteiger partial charge < -0.3 is 5.73 Å². The van der Waals surface area contributed by atoms with Crippen LogP contribution < -0.4 is 5.73 Å². The van der Waals surface area contributed by atoms with Gasteiger partial charge >= 0.3 is 0 Å². The van der Waals surface area contributed by atoms with Gasteiger partial charge in [0, 0.05) is 18.6 Å². The van der Waals surface area contributed by atoms with E-state index in [0.29, 0.717) is 5.54 Å². The molecule has 18 heavy (non-hydrogen) atoms. The van der Waals surface area contributed by atoms with Crippen molar-refractivity contribution in [1.82, 2.24) is 4.90 Å². The summed E-state index contributed by atoms with van der Waals surface area (Å²) in [5.41, 5.74) is 6.57. The highest BCUT2D eigenvalue weighted by Gasteiger charge is 2.43. The second-order valence-corrected chi connectivity index (χ2v) is 7.04. The van der Waals surface area contributed by atoms with E-state index in [4.69, 9.17) is 5.73 Å². The van der Waals surface area contributed by atoms with Crippen molar-refractivity contribution in [3.05, 3.63) is 0 Å². The lowest BCUT2D eigenvalue weighted by Gasteiger charge is -2.48. The molecular formula is C16H32N2. The van der Waals surface area contributed by atoms with Crippen LogP contribution >= 0.6 is 0 Å². The van der Waals surface area contributed by atoms with Crippen molar-refractivity contribution in [3.63, 3.8) is 0 Å². The van der Waals surface area contributed by atoms with Crippen LogP contribution in [0.5, 0.6) is 0 Å². The molecule has 0 bridgehead atoms. The fourth-order valence-electron chi connectivity index (χ4n) is 4.15. The van der Waals surface area contributed by atoms with E-state index < -0.39 is 0 Å². The van der Waals surface area contributed by atoms with E-state index in [1.165, 1.54) is 51.6 Å². The van der Waals surface area contributed by atoms with Crippen LogP contribution in [0.2, 0.25) is 0 Å². The number of nitrogens with two attached hydrogens (primary N) is 1. The molecule has 0 spiro atoms. The van der Waals surface area contributed by atoms with Crippen LogP contribution in [0, 0.1) is 17.8 Å². The maximum absolute atomic E-state index is 6.23. The Hall–Kier alpha value is -0.0800. The van der Waals surface area contributed by atoms with E-state index in [9.17, 15) is 0 Å². The molecule has 2 N–H and O–H groups in total. The highest BCUT2D eigenvalue weighted by Crippen LogP contribution is 2.41. The molecule has 1 aliphatic carbocycles. The van der Waals surface area contributed by atoms with Crippen LogP contribution in [0.25, 0.3) is 0 Å². The van der Waals surface area contributed by atoms with Gasteiger partial charge in [-0.3, -0.25) is 4.90 Å². The third kappa shape index (κ3) is 2.75. The minimum absolute atomic E-state index is 0.344. The largest absolute Gasteiger partial charge is 0.329 e. The molecule has 3 unspecified atom stereocenters. The van der Waals surface area contributed by atoms with Gasteiger partial charge in [-0.2, -0.15) is 0 Å². The van der Waals surface area contributed by atoms with Crippen LogP contribution in [0.3, 0.4) is 0 Å². The highest BCUT2D eigenvalue weighted by molar-refractivity contribution is 4.99. The average molecular weight is 252 g/mol. The molecule has 0 aromatic carbocycles. The predicted octanol–water partition coefficient (Wildman–Crippen LogP) is 3.26. The first-order valence-electron chi connectivity index (χ1n) is 8.06. The summed E-state index contributed by atoms with van der Waals surface area (Å²) in [5.74, 6) is 2.64. The number of rotatable bonds is 4. The zero-order valence-electron chi connectivity index (χ0n) is 12.6. The molecule has 0 amide bonds. The van der Waals surface area contributed by atoms with Crippen molar-refractivity contribution in [2.75, 3.05) is 19.6 Å². The summed E-state index contributed by atoms with van der Waals surface area (Å²) in [6, 6.07) is 0. The zero-order chi connectivity index (χ0) is 13.2. The molecule has 1 heterocycles. The average Bonchev–Trinajstić information content (AvgIpc) is 2.88. The molecule has 3 atom stereocenters. The molecule has 2 rings (SSSR count). The molecule has 106 valence electrons. The summed E-state index contributed by atoms with van der Waals surface area (Å²) in [6.45, 7) is 10.6. The van der Waals surface area contributed by atoms with Crippen molar-refractivity contribution >= 4 is 0 Å². The summed E-state index contributed by atoms with van der Waals surface area (Å²) >= 11 is 0. The van der Waals surface area contributed by atoms with E-state index in [1.807, 2.05) is 0 Å². The maximum atomic E-state index is 6.23. The minimum atomic E-state index is 0.344. The van der Waals surface area contributed by atoms with Gasteiger partial charge in [-0.15, -0.1) is 0 Å². The third-order valence-electron chi connectivity index (χ3n) is 5.72. The van der Waals surface area contributed by atoms with Crippen molar-refractivity contribution in [2.45, 2.75) is 64.8 Å². The van der Waals surface area contributed by atoms with Crippen molar-refractivity contribution in [3.8, 4) is 0 Å². The summed E-state index contributed by atoms with van der Waals surface area (Å²) in [5, 5.41) is 0. The SMILES string of the molecule is CCC1CCN(C2(CN)CCCC(C(C)C)C2)C1. The second kappa shape index (κ2) is 5.92. The minimum Gasteiger partial charge on any atom is -0.329 e. The maximum Gasteiger partial charge on any atom is 0.0334 e. The lowest BCUT2D eigenvalue weighted by Crippen LogP contribution is -2.56. The molecular weight excluding hydrogens is 220 g/mol. The summed E-state index contributed by atoms with van der Waals surface area (Å²) < 4.78 is 0. The van der Waals surface area contributed by atoms with Gasteiger partial charge in [0.05, 0.1) is 0 Å². The van der Waals surface area contributed by atoms with Crippen LogP contribution in [-0.2, 0) is 0 Å².